The largest absolute Gasteiger partial charge is 0.491 e. The maximum atomic E-state index is 5.87. The summed E-state index contributed by atoms with van der Waals surface area (Å²) in [7, 11) is 0. The Morgan fingerprint density at radius 2 is 2.15 bits per heavy atom. The highest BCUT2D eigenvalue weighted by molar-refractivity contribution is 5.95. The zero-order valence-corrected chi connectivity index (χ0v) is 12.3. The third-order valence-corrected chi connectivity index (χ3v) is 3.65. The van der Waals surface area contributed by atoms with Crippen LogP contribution in [-0.4, -0.2) is 18.1 Å². The number of ether oxygens (including phenoxy) is 1. The van der Waals surface area contributed by atoms with Gasteiger partial charge in [-0.15, -0.1) is 0 Å². The van der Waals surface area contributed by atoms with E-state index in [9.17, 15) is 0 Å². The minimum atomic E-state index is 0.649. The van der Waals surface area contributed by atoms with Gasteiger partial charge in [0.2, 0.25) is 0 Å². The molecule has 0 saturated heterocycles. The molecule has 0 radical (unpaired) electrons. The van der Waals surface area contributed by atoms with Crippen LogP contribution < -0.4 is 10.1 Å². The number of pyridine rings is 1. The number of hydrogen-bond donors (Lipinski definition) is 1. The molecule has 0 spiro atoms. The van der Waals surface area contributed by atoms with Crippen LogP contribution in [0.2, 0.25) is 0 Å². The Morgan fingerprint density at radius 1 is 1.30 bits per heavy atom. The molecular formula is C17H22N2O. The molecule has 0 amide bonds. The van der Waals surface area contributed by atoms with Gasteiger partial charge in [0.25, 0.3) is 0 Å². The Morgan fingerprint density at radius 3 is 2.85 bits per heavy atom. The highest BCUT2D eigenvalue weighted by Gasteiger charge is 2.26. The molecule has 3 rings (SSSR count). The fourth-order valence-electron chi connectivity index (χ4n) is 2.50. The van der Waals surface area contributed by atoms with Gasteiger partial charge in [0.15, 0.2) is 0 Å². The first-order valence-corrected chi connectivity index (χ1v) is 7.63. The van der Waals surface area contributed by atoms with Crippen LogP contribution >= 0.6 is 0 Å². The van der Waals surface area contributed by atoms with E-state index in [4.69, 9.17) is 9.72 Å². The second kappa shape index (κ2) is 5.70. The quantitative estimate of drug-likeness (QED) is 0.848. The average molecular weight is 270 g/mol. The molecule has 0 bridgehead atoms. The van der Waals surface area contributed by atoms with Gasteiger partial charge in [-0.05, 0) is 38.3 Å². The van der Waals surface area contributed by atoms with Crippen LogP contribution in [0.25, 0.3) is 10.9 Å². The molecular weight excluding hydrogens is 248 g/mol. The highest BCUT2D eigenvalue weighted by Crippen LogP contribution is 2.42. The number of hydrogen-bond acceptors (Lipinski definition) is 3. The van der Waals surface area contributed by atoms with Crippen LogP contribution in [0.5, 0.6) is 5.75 Å². The zero-order valence-electron chi connectivity index (χ0n) is 12.3. The minimum Gasteiger partial charge on any atom is -0.491 e. The molecule has 1 aliphatic carbocycles. The van der Waals surface area contributed by atoms with Crippen molar-refractivity contribution in [3.8, 4) is 5.75 Å². The predicted molar refractivity (Wildman–Crippen MR) is 83.7 cm³/mol. The number of fused-ring (bicyclic) bond motifs is 1. The first kappa shape index (κ1) is 13.2. The summed E-state index contributed by atoms with van der Waals surface area (Å²) in [6.45, 7) is 5.91. The van der Waals surface area contributed by atoms with Gasteiger partial charge in [-0.3, -0.25) is 0 Å². The second-order valence-corrected chi connectivity index (χ2v) is 5.40. The molecule has 3 heteroatoms. The van der Waals surface area contributed by atoms with Crippen molar-refractivity contribution in [3.05, 3.63) is 30.0 Å². The predicted octanol–water partition coefficient (Wildman–Crippen LogP) is 4.33. The standard InChI is InChI=1S/C17H22N2O/c1-3-10-20-16-7-5-6-13-15(18-4-2)11-14(12-8-9-12)19-17(13)16/h5-7,11-12H,3-4,8-10H2,1-2H3,(H,18,19). The maximum absolute atomic E-state index is 5.87. The summed E-state index contributed by atoms with van der Waals surface area (Å²) in [5, 5.41) is 4.62. The lowest BCUT2D eigenvalue weighted by Crippen LogP contribution is -2.02. The summed E-state index contributed by atoms with van der Waals surface area (Å²) in [6, 6.07) is 8.41. The van der Waals surface area contributed by atoms with Crippen molar-refractivity contribution in [2.45, 2.75) is 39.0 Å². The summed E-state index contributed by atoms with van der Waals surface area (Å²) < 4.78 is 5.87. The van der Waals surface area contributed by atoms with E-state index in [0.29, 0.717) is 5.92 Å². The smallest absolute Gasteiger partial charge is 0.145 e. The minimum absolute atomic E-state index is 0.649. The van der Waals surface area contributed by atoms with Crippen LogP contribution in [-0.2, 0) is 0 Å². The molecule has 1 fully saturated rings. The van der Waals surface area contributed by atoms with Crippen molar-refractivity contribution in [2.24, 2.45) is 0 Å². The third kappa shape index (κ3) is 2.58. The molecule has 3 nitrogen and oxygen atoms in total. The number of nitrogens with one attached hydrogen (secondary N) is 1. The summed E-state index contributed by atoms with van der Waals surface area (Å²) in [6.07, 6.45) is 3.54. The van der Waals surface area contributed by atoms with Crippen LogP contribution in [0.15, 0.2) is 24.3 Å². The van der Waals surface area contributed by atoms with E-state index in [1.807, 2.05) is 12.1 Å². The fourth-order valence-corrected chi connectivity index (χ4v) is 2.50. The van der Waals surface area contributed by atoms with Gasteiger partial charge < -0.3 is 10.1 Å². The Bertz CT molecular complexity index is 605. The van der Waals surface area contributed by atoms with E-state index in [1.165, 1.54) is 24.2 Å². The van der Waals surface area contributed by atoms with Crippen molar-refractivity contribution in [1.29, 1.82) is 0 Å². The molecule has 1 aromatic heterocycles. The fraction of sp³-hybridized carbons (Fsp3) is 0.471. The Hall–Kier alpha value is -1.77. The van der Waals surface area contributed by atoms with Crippen LogP contribution in [0.1, 0.15) is 44.7 Å². The Kier molecular flexibility index (Phi) is 3.77. The second-order valence-electron chi connectivity index (χ2n) is 5.40. The Balaban J connectivity index is 2.11. The summed E-state index contributed by atoms with van der Waals surface area (Å²) in [5.41, 5.74) is 3.39. The molecule has 1 aliphatic rings. The van der Waals surface area contributed by atoms with Crippen molar-refractivity contribution < 1.29 is 4.74 Å². The van der Waals surface area contributed by atoms with Crippen molar-refractivity contribution in [3.63, 3.8) is 0 Å². The summed E-state index contributed by atoms with van der Waals surface area (Å²) in [5.74, 6) is 1.56. The van der Waals surface area contributed by atoms with E-state index in [-0.39, 0.29) is 0 Å². The van der Waals surface area contributed by atoms with E-state index >= 15 is 0 Å². The van der Waals surface area contributed by atoms with Gasteiger partial charge >= 0.3 is 0 Å². The summed E-state index contributed by atoms with van der Waals surface area (Å²) >= 11 is 0. The van der Waals surface area contributed by atoms with Crippen LogP contribution in [0, 0.1) is 0 Å². The molecule has 20 heavy (non-hydrogen) atoms. The molecule has 106 valence electrons. The number of anilines is 1. The van der Waals surface area contributed by atoms with E-state index in [1.54, 1.807) is 0 Å². The molecule has 2 aromatic rings. The Labute approximate surface area is 120 Å². The summed E-state index contributed by atoms with van der Waals surface area (Å²) in [4.78, 5) is 4.87. The lowest BCUT2D eigenvalue weighted by atomic mass is 10.1. The highest BCUT2D eigenvalue weighted by atomic mass is 16.5. The number of para-hydroxylation sites is 1. The van der Waals surface area contributed by atoms with Crippen LogP contribution in [0.4, 0.5) is 5.69 Å². The van der Waals surface area contributed by atoms with Gasteiger partial charge in [0.05, 0.1) is 6.61 Å². The van der Waals surface area contributed by atoms with Crippen LogP contribution in [0.3, 0.4) is 0 Å². The van der Waals surface area contributed by atoms with Crippen molar-refractivity contribution in [2.75, 3.05) is 18.5 Å². The lowest BCUT2D eigenvalue weighted by molar-refractivity contribution is 0.320. The van der Waals surface area contributed by atoms with Gasteiger partial charge in [-0.25, -0.2) is 4.98 Å². The number of rotatable bonds is 6. The van der Waals surface area contributed by atoms with Gasteiger partial charge in [-0.2, -0.15) is 0 Å². The molecule has 0 atom stereocenters. The lowest BCUT2D eigenvalue weighted by Gasteiger charge is -2.13. The topological polar surface area (TPSA) is 34.1 Å². The molecule has 1 aromatic carbocycles. The number of aromatic nitrogens is 1. The van der Waals surface area contributed by atoms with E-state index in [2.05, 4.69) is 31.3 Å². The molecule has 1 saturated carbocycles. The molecule has 0 unspecified atom stereocenters. The average Bonchev–Trinajstić information content (AvgIpc) is 3.30. The maximum Gasteiger partial charge on any atom is 0.145 e. The normalized spacial score (nSPS) is 14.5. The van der Waals surface area contributed by atoms with E-state index < -0.39 is 0 Å². The van der Waals surface area contributed by atoms with Gasteiger partial charge in [-0.1, -0.05) is 19.1 Å². The van der Waals surface area contributed by atoms with E-state index in [0.717, 1.165) is 36.2 Å². The van der Waals surface area contributed by atoms with Gasteiger partial charge in [0.1, 0.15) is 11.3 Å². The number of nitrogens with zero attached hydrogens (tertiary/aromatic N) is 1. The first-order chi connectivity index (χ1) is 9.83. The number of benzene rings is 1. The third-order valence-electron chi connectivity index (χ3n) is 3.65. The van der Waals surface area contributed by atoms with Crippen molar-refractivity contribution >= 4 is 16.6 Å². The van der Waals surface area contributed by atoms with Crippen molar-refractivity contribution in [1.82, 2.24) is 4.98 Å². The molecule has 1 N–H and O–H groups in total. The monoisotopic (exact) mass is 270 g/mol. The molecule has 0 aliphatic heterocycles. The molecule has 1 heterocycles. The van der Waals surface area contributed by atoms with Gasteiger partial charge in [0, 0.05) is 29.2 Å². The first-order valence-electron chi connectivity index (χ1n) is 7.63. The zero-order chi connectivity index (χ0) is 13.9. The SMILES string of the molecule is CCCOc1cccc2c(NCC)cc(C3CC3)nc12.